The lowest BCUT2D eigenvalue weighted by Gasteiger charge is -2.19. The maximum atomic E-state index is 12.7. The van der Waals surface area contributed by atoms with Crippen LogP contribution < -0.4 is 15.0 Å². The second-order valence-corrected chi connectivity index (χ2v) is 4.85. The minimum Gasteiger partial charge on any atom is -0.484 e. The van der Waals surface area contributed by atoms with Crippen LogP contribution in [-0.4, -0.2) is 32.7 Å². The molecule has 1 amide bonds. The summed E-state index contributed by atoms with van der Waals surface area (Å²) in [4.78, 5) is 13.7. The predicted molar refractivity (Wildman–Crippen MR) is 84.6 cm³/mol. The number of carbonyl (C=O) groups excluding carboxylic acids is 1. The first-order valence-corrected chi connectivity index (χ1v) is 7.06. The quantitative estimate of drug-likeness (QED) is 0.854. The van der Waals surface area contributed by atoms with E-state index in [0.29, 0.717) is 18.8 Å². The number of nitrogens with one attached hydrogen (secondary N) is 1. The summed E-state index contributed by atoms with van der Waals surface area (Å²) < 4.78 is 18.0. The number of nitrogens with zero attached hydrogens (tertiary/aromatic N) is 1. The summed E-state index contributed by atoms with van der Waals surface area (Å²) >= 11 is 0. The van der Waals surface area contributed by atoms with Crippen molar-refractivity contribution in [3.63, 3.8) is 0 Å². The maximum absolute atomic E-state index is 12.7. The molecule has 0 heterocycles. The number of ether oxygens (including phenoxy) is 1. The summed E-state index contributed by atoms with van der Waals surface area (Å²) in [7, 11) is 1.97. The molecule has 0 aliphatic rings. The SMILES string of the molecule is CN(CCNC(=O)COc1ccc(F)cc1)c1ccccc1. The van der Waals surface area contributed by atoms with Crippen molar-refractivity contribution >= 4 is 11.6 Å². The Labute approximate surface area is 129 Å². The van der Waals surface area contributed by atoms with E-state index in [4.69, 9.17) is 4.74 Å². The summed E-state index contributed by atoms with van der Waals surface area (Å²) in [5.74, 6) is -0.0653. The van der Waals surface area contributed by atoms with Crippen molar-refractivity contribution in [1.82, 2.24) is 5.32 Å². The molecule has 0 saturated carbocycles. The van der Waals surface area contributed by atoms with E-state index in [1.807, 2.05) is 37.4 Å². The average Bonchev–Trinajstić information content (AvgIpc) is 2.55. The van der Waals surface area contributed by atoms with Crippen molar-refractivity contribution < 1.29 is 13.9 Å². The van der Waals surface area contributed by atoms with E-state index in [9.17, 15) is 9.18 Å². The molecule has 0 unspecified atom stereocenters. The fraction of sp³-hybridized carbons (Fsp3) is 0.235. The number of rotatable bonds is 7. The van der Waals surface area contributed by atoms with Gasteiger partial charge in [0.2, 0.25) is 0 Å². The van der Waals surface area contributed by atoms with Crippen LogP contribution in [0.25, 0.3) is 0 Å². The van der Waals surface area contributed by atoms with Gasteiger partial charge in [-0.05, 0) is 36.4 Å². The van der Waals surface area contributed by atoms with Gasteiger partial charge in [-0.2, -0.15) is 0 Å². The molecular weight excluding hydrogens is 283 g/mol. The van der Waals surface area contributed by atoms with Crippen molar-refractivity contribution in [3.8, 4) is 5.75 Å². The van der Waals surface area contributed by atoms with Gasteiger partial charge < -0.3 is 15.0 Å². The van der Waals surface area contributed by atoms with Gasteiger partial charge in [0.1, 0.15) is 11.6 Å². The second-order valence-electron chi connectivity index (χ2n) is 4.85. The van der Waals surface area contributed by atoms with E-state index in [0.717, 1.165) is 5.69 Å². The number of likely N-dealkylation sites (N-methyl/N-ethyl adjacent to an activating group) is 1. The molecule has 0 aliphatic carbocycles. The van der Waals surface area contributed by atoms with Crippen molar-refractivity contribution in [1.29, 1.82) is 0 Å². The molecule has 1 N–H and O–H groups in total. The van der Waals surface area contributed by atoms with Gasteiger partial charge in [0.25, 0.3) is 5.91 Å². The van der Waals surface area contributed by atoms with E-state index < -0.39 is 0 Å². The highest BCUT2D eigenvalue weighted by Gasteiger charge is 2.04. The molecule has 0 saturated heterocycles. The van der Waals surface area contributed by atoms with Crippen LogP contribution in [-0.2, 0) is 4.79 Å². The first kappa shape index (κ1) is 15.8. The third kappa shape index (κ3) is 5.09. The van der Waals surface area contributed by atoms with Crippen LogP contribution in [0.4, 0.5) is 10.1 Å². The zero-order valence-corrected chi connectivity index (χ0v) is 12.5. The smallest absolute Gasteiger partial charge is 0.258 e. The summed E-state index contributed by atoms with van der Waals surface area (Å²) in [6, 6.07) is 15.5. The largest absolute Gasteiger partial charge is 0.484 e. The van der Waals surface area contributed by atoms with Crippen LogP contribution in [0.15, 0.2) is 54.6 Å². The number of amides is 1. The number of benzene rings is 2. The Kier molecular flexibility index (Phi) is 5.77. The molecule has 2 aromatic carbocycles. The Morgan fingerprint density at radius 2 is 1.82 bits per heavy atom. The zero-order valence-electron chi connectivity index (χ0n) is 12.5. The Hall–Kier alpha value is -2.56. The minimum atomic E-state index is -0.333. The third-order valence-corrected chi connectivity index (χ3v) is 3.15. The number of carbonyl (C=O) groups is 1. The molecule has 2 rings (SSSR count). The second kappa shape index (κ2) is 8.02. The molecule has 0 aromatic heterocycles. The first-order valence-electron chi connectivity index (χ1n) is 7.06. The Morgan fingerprint density at radius 3 is 2.50 bits per heavy atom. The molecule has 0 bridgehead atoms. The van der Waals surface area contributed by atoms with E-state index >= 15 is 0 Å². The lowest BCUT2D eigenvalue weighted by Crippen LogP contribution is -2.35. The maximum Gasteiger partial charge on any atom is 0.258 e. The van der Waals surface area contributed by atoms with Crippen LogP contribution in [0, 0.1) is 5.82 Å². The van der Waals surface area contributed by atoms with Gasteiger partial charge >= 0.3 is 0 Å². The standard InChI is InChI=1S/C17H19FN2O2/c1-20(15-5-3-2-4-6-15)12-11-19-17(21)13-22-16-9-7-14(18)8-10-16/h2-10H,11-13H2,1H3,(H,19,21). The molecule has 22 heavy (non-hydrogen) atoms. The number of anilines is 1. The van der Waals surface area contributed by atoms with E-state index in [2.05, 4.69) is 10.2 Å². The highest BCUT2D eigenvalue weighted by Crippen LogP contribution is 2.11. The van der Waals surface area contributed by atoms with Crippen molar-refractivity contribution in [2.75, 3.05) is 31.6 Å². The summed E-state index contributed by atoms with van der Waals surface area (Å²) in [5, 5.41) is 2.79. The highest BCUT2D eigenvalue weighted by atomic mass is 19.1. The van der Waals surface area contributed by atoms with E-state index in [1.165, 1.54) is 24.3 Å². The lowest BCUT2D eigenvalue weighted by molar-refractivity contribution is -0.123. The fourth-order valence-corrected chi connectivity index (χ4v) is 1.91. The van der Waals surface area contributed by atoms with Crippen LogP contribution in [0.1, 0.15) is 0 Å². The molecule has 0 atom stereocenters. The molecule has 4 nitrogen and oxygen atoms in total. The molecule has 0 fully saturated rings. The predicted octanol–water partition coefficient (Wildman–Crippen LogP) is 2.46. The molecule has 2 aromatic rings. The van der Waals surface area contributed by atoms with Crippen molar-refractivity contribution in [3.05, 3.63) is 60.4 Å². The number of hydrogen-bond donors (Lipinski definition) is 1. The van der Waals surface area contributed by atoms with Gasteiger partial charge in [-0.25, -0.2) is 4.39 Å². The van der Waals surface area contributed by atoms with Crippen molar-refractivity contribution in [2.45, 2.75) is 0 Å². The van der Waals surface area contributed by atoms with Crippen LogP contribution in [0.2, 0.25) is 0 Å². The number of halogens is 1. The van der Waals surface area contributed by atoms with E-state index in [-0.39, 0.29) is 18.3 Å². The molecule has 0 spiro atoms. The van der Waals surface area contributed by atoms with Gasteiger partial charge in [0, 0.05) is 25.8 Å². The number of para-hydroxylation sites is 1. The summed E-state index contributed by atoms with van der Waals surface area (Å²) in [6.07, 6.45) is 0. The van der Waals surface area contributed by atoms with E-state index in [1.54, 1.807) is 0 Å². The van der Waals surface area contributed by atoms with Crippen LogP contribution in [0.5, 0.6) is 5.75 Å². The van der Waals surface area contributed by atoms with Crippen LogP contribution >= 0.6 is 0 Å². The number of hydrogen-bond acceptors (Lipinski definition) is 3. The minimum absolute atomic E-state index is 0.0827. The van der Waals surface area contributed by atoms with Gasteiger partial charge in [0.05, 0.1) is 0 Å². The van der Waals surface area contributed by atoms with Crippen LogP contribution in [0.3, 0.4) is 0 Å². The Morgan fingerprint density at radius 1 is 1.14 bits per heavy atom. The molecule has 0 aliphatic heterocycles. The lowest BCUT2D eigenvalue weighted by atomic mass is 10.3. The first-order chi connectivity index (χ1) is 10.6. The molecule has 116 valence electrons. The van der Waals surface area contributed by atoms with Gasteiger partial charge in [-0.15, -0.1) is 0 Å². The average molecular weight is 302 g/mol. The summed E-state index contributed by atoms with van der Waals surface area (Å²) in [6.45, 7) is 1.14. The molecular formula is C17H19FN2O2. The Balaban J connectivity index is 1.66. The normalized spacial score (nSPS) is 10.1. The molecule has 0 radical (unpaired) electrons. The zero-order chi connectivity index (χ0) is 15.8. The third-order valence-electron chi connectivity index (χ3n) is 3.15. The fourth-order valence-electron chi connectivity index (χ4n) is 1.91. The Bertz CT molecular complexity index is 587. The van der Waals surface area contributed by atoms with Gasteiger partial charge in [-0.1, -0.05) is 18.2 Å². The monoisotopic (exact) mass is 302 g/mol. The molecule has 5 heteroatoms. The van der Waals surface area contributed by atoms with Gasteiger partial charge in [0.15, 0.2) is 6.61 Å². The highest BCUT2D eigenvalue weighted by molar-refractivity contribution is 5.77. The topological polar surface area (TPSA) is 41.6 Å². The van der Waals surface area contributed by atoms with Crippen molar-refractivity contribution in [2.24, 2.45) is 0 Å². The summed E-state index contributed by atoms with van der Waals surface area (Å²) in [5.41, 5.74) is 1.10. The van der Waals surface area contributed by atoms with Gasteiger partial charge in [-0.3, -0.25) is 4.79 Å².